The molecule has 5 heteroatoms. The minimum absolute atomic E-state index is 0.0613. The highest BCUT2D eigenvalue weighted by Gasteiger charge is 2.42. The maximum Gasteiger partial charge on any atom is 0.317 e. The molecule has 2 aromatic carbocycles. The first-order valence-corrected chi connectivity index (χ1v) is 8.08. The van der Waals surface area contributed by atoms with Crippen LogP contribution in [0, 0.1) is 5.92 Å². The van der Waals surface area contributed by atoms with E-state index in [1.165, 1.54) is 6.92 Å². The number of rotatable bonds is 4. The van der Waals surface area contributed by atoms with Crippen molar-refractivity contribution < 1.29 is 19.4 Å². The van der Waals surface area contributed by atoms with E-state index in [1.807, 2.05) is 0 Å². The Morgan fingerprint density at radius 3 is 2.54 bits per heavy atom. The fourth-order valence-electron chi connectivity index (χ4n) is 3.17. The third-order valence-electron chi connectivity index (χ3n) is 4.30. The molecule has 0 amide bonds. The molecule has 1 N–H and O–H groups in total. The van der Waals surface area contributed by atoms with Crippen LogP contribution in [0.4, 0.5) is 0 Å². The van der Waals surface area contributed by atoms with Gasteiger partial charge >= 0.3 is 5.97 Å². The molecule has 24 heavy (non-hydrogen) atoms. The van der Waals surface area contributed by atoms with E-state index in [9.17, 15) is 14.7 Å². The van der Waals surface area contributed by atoms with Crippen LogP contribution in [0.3, 0.4) is 0 Å². The molecule has 2 aromatic rings. The minimum atomic E-state index is -1.03. The van der Waals surface area contributed by atoms with Gasteiger partial charge in [-0.25, -0.2) is 0 Å². The van der Waals surface area contributed by atoms with Crippen LogP contribution in [0.2, 0.25) is 5.02 Å². The van der Waals surface area contributed by atoms with Crippen molar-refractivity contribution in [3.8, 4) is 5.75 Å². The Morgan fingerprint density at radius 2 is 1.88 bits per heavy atom. The largest absolute Gasteiger partial charge is 0.426 e. The van der Waals surface area contributed by atoms with Crippen molar-refractivity contribution in [2.45, 2.75) is 25.4 Å². The van der Waals surface area contributed by atoms with Crippen LogP contribution in [0.5, 0.6) is 5.75 Å². The molecule has 3 atom stereocenters. The summed E-state index contributed by atoms with van der Waals surface area (Å²) in [5.74, 6) is -1.54. The van der Waals surface area contributed by atoms with Crippen molar-refractivity contribution >= 4 is 23.4 Å². The summed E-state index contributed by atoms with van der Waals surface area (Å²) >= 11 is 5.92. The molecule has 124 valence electrons. The number of para-hydroxylation sites is 1. The second kappa shape index (κ2) is 6.75. The van der Waals surface area contributed by atoms with Crippen molar-refractivity contribution in [3.05, 3.63) is 64.7 Å². The van der Waals surface area contributed by atoms with Gasteiger partial charge in [0.05, 0.1) is 12.0 Å². The number of hydrogen-bond donors (Lipinski definition) is 1. The Labute approximate surface area is 145 Å². The van der Waals surface area contributed by atoms with E-state index in [-0.39, 0.29) is 12.2 Å². The first kappa shape index (κ1) is 16.7. The van der Waals surface area contributed by atoms with Crippen molar-refractivity contribution in [2.24, 2.45) is 5.92 Å². The number of ketones is 1. The number of halogens is 1. The second-order valence-electron chi connectivity index (χ2n) is 5.99. The van der Waals surface area contributed by atoms with Crippen molar-refractivity contribution in [3.63, 3.8) is 0 Å². The standard InChI is InChI=1S/C19H17ClO4/c1-11(21)10-15(12-6-8-13(20)9-7-12)17-18(22)14-4-2-3-5-16(14)24-19(17)23/h2-9,15,17-18,22H,10H2,1H3. The summed E-state index contributed by atoms with van der Waals surface area (Å²) in [6, 6.07) is 13.9. The van der Waals surface area contributed by atoms with Crippen LogP contribution < -0.4 is 4.74 Å². The van der Waals surface area contributed by atoms with Crippen LogP contribution in [0.15, 0.2) is 48.5 Å². The Balaban J connectivity index is 2.02. The second-order valence-corrected chi connectivity index (χ2v) is 6.43. The molecule has 0 bridgehead atoms. The van der Waals surface area contributed by atoms with E-state index < -0.39 is 23.9 Å². The summed E-state index contributed by atoms with van der Waals surface area (Å²) in [5.41, 5.74) is 1.33. The highest BCUT2D eigenvalue weighted by Crippen LogP contribution is 2.44. The lowest BCUT2D eigenvalue weighted by Gasteiger charge is -2.33. The van der Waals surface area contributed by atoms with Crippen molar-refractivity contribution in [2.75, 3.05) is 0 Å². The van der Waals surface area contributed by atoms with Gasteiger partial charge < -0.3 is 14.6 Å². The molecule has 1 aliphatic rings. The molecule has 0 saturated heterocycles. The van der Waals surface area contributed by atoms with Gasteiger partial charge in [-0.15, -0.1) is 0 Å². The molecule has 0 saturated carbocycles. The third kappa shape index (κ3) is 3.21. The molecular formula is C19H17ClO4. The molecule has 3 rings (SSSR count). The molecule has 0 spiro atoms. The SMILES string of the molecule is CC(=O)CC(c1ccc(Cl)cc1)C1C(=O)Oc2ccccc2C1O. The van der Waals surface area contributed by atoms with E-state index in [0.717, 1.165) is 5.56 Å². The van der Waals surface area contributed by atoms with Crippen molar-refractivity contribution in [1.29, 1.82) is 0 Å². The summed E-state index contributed by atoms with van der Waals surface area (Å²) in [7, 11) is 0. The predicted molar refractivity (Wildman–Crippen MR) is 90.0 cm³/mol. The van der Waals surface area contributed by atoms with E-state index >= 15 is 0 Å². The molecule has 3 unspecified atom stereocenters. The van der Waals surface area contributed by atoms with Gasteiger partial charge in [0.25, 0.3) is 0 Å². The number of hydrogen-bond acceptors (Lipinski definition) is 4. The lowest BCUT2D eigenvalue weighted by Crippen LogP contribution is -2.36. The zero-order chi connectivity index (χ0) is 17.3. The first-order chi connectivity index (χ1) is 11.5. The van der Waals surface area contributed by atoms with Gasteiger partial charge in [0.2, 0.25) is 0 Å². The fourth-order valence-corrected chi connectivity index (χ4v) is 3.30. The van der Waals surface area contributed by atoms with Gasteiger partial charge in [0.1, 0.15) is 11.5 Å². The highest BCUT2D eigenvalue weighted by molar-refractivity contribution is 6.30. The lowest BCUT2D eigenvalue weighted by molar-refractivity contribution is -0.147. The number of fused-ring (bicyclic) bond motifs is 1. The molecule has 0 radical (unpaired) electrons. The normalized spacial score (nSPS) is 20.9. The zero-order valence-electron chi connectivity index (χ0n) is 13.1. The quantitative estimate of drug-likeness (QED) is 0.679. The summed E-state index contributed by atoms with van der Waals surface area (Å²) in [5, 5.41) is 11.3. The number of esters is 1. The van der Waals surface area contributed by atoms with E-state index in [1.54, 1.807) is 48.5 Å². The maximum atomic E-state index is 12.5. The van der Waals surface area contributed by atoms with Gasteiger partial charge in [-0.3, -0.25) is 4.79 Å². The Bertz CT molecular complexity index is 769. The average molecular weight is 345 g/mol. The van der Waals surface area contributed by atoms with Gasteiger partial charge in [0.15, 0.2) is 0 Å². The number of aliphatic hydroxyl groups excluding tert-OH is 1. The highest BCUT2D eigenvalue weighted by atomic mass is 35.5. The van der Waals surface area contributed by atoms with Gasteiger partial charge in [-0.05, 0) is 30.7 Å². The fraction of sp³-hybridized carbons (Fsp3) is 0.263. The smallest absolute Gasteiger partial charge is 0.317 e. The van der Waals surface area contributed by atoms with E-state index in [4.69, 9.17) is 16.3 Å². The third-order valence-corrected chi connectivity index (χ3v) is 4.55. The predicted octanol–water partition coefficient (Wildman–Crippen LogP) is 3.67. The molecule has 0 aromatic heterocycles. The van der Waals surface area contributed by atoms with Gasteiger partial charge in [-0.1, -0.05) is 41.9 Å². The summed E-state index contributed by atoms with van der Waals surface area (Å²) in [4.78, 5) is 24.2. The van der Waals surface area contributed by atoms with Crippen LogP contribution >= 0.6 is 11.6 Å². The van der Waals surface area contributed by atoms with Crippen LogP contribution in [-0.4, -0.2) is 16.9 Å². The summed E-state index contributed by atoms with van der Waals surface area (Å²) < 4.78 is 5.39. The molecule has 1 aliphatic heterocycles. The van der Waals surface area contributed by atoms with Crippen LogP contribution in [0.1, 0.15) is 36.5 Å². The van der Waals surface area contributed by atoms with Crippen LogP contribution in [0.25, 0.3) is 0 Å². The molecule has 0 aliphatic carbocycles. The van der Waals surface area contributed by atoms with Gasteiger partial charge in [-0.2, -0.15) is 0 Å². The Kier molecular flexibility index (Phi) is 4.69. The number of aliphatic hydroxyl groups is 1. The molecule has 4 nitrogen and oxygen atoms in total. The van der Waals surface area contributed by atoms with Crippen molar-refractivity contribution in [1.82, 2.24) is 0 Å². The van der Waals surface area contributed by atoms with Gasteiger partial charge in [0, 0.05) is 22.9 Å². The number of ether oxygens (including phenoxy) is 1. The van der Waals surface area contributed by atoms with E-state index in [0.29, 0.717) is 16.3 Å². The number of carbonyl (C=O) groups excluding carboxylic acids is 2. The zero-order valence-corrected chi connectivity index (χ0v) is 13.9. The van der Waals surface area contributed by atoms with Crippen LogP contribution in [-0.2, 0) is 9.59 Å². The lowest BCUT2D eigenvalue weighted by atomic mass is 9.76. The minimum Gasteiger partial charge on any atom is -0.426 e. The molecule has 1 heterocycles. The monoisotopic (exact) mass is 344 g/mol. The average Bonchev–Trinajstić information content (AvgIpc) is 2.54. The Hall–Kier alpha value is -2.17. The topological polar surface area (TPSA) is 63.6 Å². The van der Waals surface area contributed by atoms with E-state index in [2.05, 4.69) is 0 Å². The number of benzene rings is 2. The molecule has 0 fully saturated rings. The Morgan fingerprint density at radius 1 is 1.21 bits per heavy atom. The summed E-state index contributed by atoms with van der Waals surface area (Å²) in [6.07, 6.45) is -0.886. The molecular weight excluding hydrogens is 328 g/mol. The summed E-state index contributed by atoms with van der Waals surface area (Å²) in [6.45, 7) is 1.47. The maximum absolute atomic E-state index is 12.5. The first-order valence-electron chi connectivity index (χ1n) is 7.71. The number of Topliss-reactive ketones (excluding diaryl/α,β-unsaturated/α-hetero) is 1. The number of carbonyl (C=O) groups is 2.